The number of benzene rings is 1. The maximum Gasteiger partial charge on any atom is 0.178 e. The van der Waals surface area contributed by atoms with Crippen molar-refractivity contribution in [2.45, 2.75) is 0 Å². The number of hydrogen-bond acceptors (Lipinski definition) is 3. The van der Waals surface area contributed by atoms with E-state index in [1.54, 1.807) is 4.90 Å². The molecule has 1 aromatic carbocycles. The lowest BCUT2D eigenvalue weighted by molar-refractivity contribution is 0.290. The van der Waals surface area contributed by atoms with Gasteiger partial charge in [-0.2, -0.15) is 0 Å². The molecular weight excluding hydrogens is 228 g/mol. The van der Waals surface area contributed by atoms with Crippen LogP contribution in [0.1, 0.15) is 5.56 Å². The van der Waals surface area contributed by atoms with Gasteiger partial charge in [0.05, 0.1) is 5.56 Å². The van der Waals surface area contributed by atoms with E-state index in [0.29, 0.717) is 13.1 Å². The van der Waals surface area contributed by atoms with E-state index in [1.165, 1.54) is 6.07 Å². The van der Waals surface area contributed by atoms with Crippen LogP contribution >= 0.6 is 0 Å². The van der Waals surface area contributed by atoms with Gasteiger partial charge < -0.3 is 15.4 Å². The van der Waals surface area contributed by atoms with E-state index < -0.39 is 11.6 Å². The van der Waals surface area contributed by atoms with Crippen molar-refractivity contribution in [3.63, 3.8) is 0 Å². The van der Waals surface area contributed by atoms with Crippen molar-refractivity contribution in [2.24, 2.45) is 5.16 Å². The smallest absolute Gasteiger partial charge is 0.178 e. The molecular formula is C11H13F2N3O. The maximum absolute atomic E-state index is 13.6. The predicted octanol–water partition coefficient (Wildman–Crippen LogP) is 1.01. The molecule has 1 aliphatic heterocycles. The standard InChI is InChI=1S/C11H13F2N3O/c12-8-1-2-9(10(13)7-8)11(15-17)16-5-3-14-4-6-16/h1-2,7,14,17H,3-6H2/b15-11-. The highest BCUT2D eigenvalue weighted by Crippen LogP contribution is 2.13. The molecule has 0 saturated carbocycles. The average molecular weight is 241 g/mol. The van der Waals surface area contributed by atoms with E-state index in [9.17, 15) is 8.78 Å². The zero-order valence-electron chi connectivity index (χ0n) is 9.16. The minimum atomic E-state index is -0.726. The molecule has 0 spiro atoms. The second-order valence-electron chi connectivity index (χ2n) is 3.78. The van der Waals surface area contributed by atoms with Crippen LogP contribution in [0.15, 0.2) is 23.4 Å². The Morgan fingerprint density at radius 1 is 1.29 bits per heavy atom. The zero-order valence-corrected chi connectivity index (χ0v) is 9.16. The molecule has 0 atom stereocenters. The molecule has 92 valence electrons. The first-order valence-corrected chi connectivity index (χ1v) is 5.35. The highest BCUT2D eigenvalue weighted by molar-refractivity contribution is 5.98. The van der Waals surface area contributed by atoms with E-state index in [1.807, 2.05) is 0 Å². The zero-order chi connectivity index (χ0) is 12.3. The van der Waals surface area contributed by atoms with Gasteiger partial charge in [-0.1, -0.05) is 5.16 Å². The number of piperazine rings is 1. The van der Waals surface area contributed by atoms with Gasteiger partial charge in [0.1, 0.15) is 11.6 Å². The molecule has 0 amide bonds. The van der Waals surface area contributed by atoms with Gasteiger partial charge in [-0.3, -0.25) is 0 Å². The Kier molecular flexibility index (Phi) is 3.53. The fraction of sp³-hybridized carbons (Fsp3) is 0.364. The molecule has 4 nitrogen and oxygen atoms in total. The summed E-state index contributed by atoms with van der Waals surface area (Å²) < 4.78 is 26.4. The lowest BCUT2D eigenvalue weighted by Crippen LogP contribution is -2.47. The Morgan fingerprint density at radius 2 is 2.00 bits per heavy atom. The SMILES string of the molecule is O/N=C(/c1ccc(F)cc1F)N1CCNCC1. The van der Waals surface area contributed by atoms with Gasteiger partial charge in [-0.25, -0.2) is 8.78 Å². The van der Waals surface area contributed by atoms with Gasteiger partial charge in [-0.05, 0) is 12.1 Å². The van der Waals surface area contributed by atoms with Crippen LogP contribution < -0.4 is 5.32 Å². The molecule has 2 N–H and O–H groups in total. The predicted molar refractivity (Wildman–Crippen MR) is 59.1 cm³/mol. The van der Waals surface area contributed by atoms with Gasteiger partial charge in [0.15, 0.2) is 5.84 Å². The summed E-state index contributed by atoms with van der Waals surface area (Å²) in [6.07, 6.45) is 0. The monoisotopic (exact) mass is 241 g/mol. The Morgan fingerprint density at radius 3 is 2.59 bits per heavy atom. The van der Waals surface area contributed by atoms with Crippen molar-refractivity contribution >= 4 is 5.84 Å². The minimum Gasteiger partial charge on any atom is -0.409 e. The number of halogens is 2. The van der Waals surface area contributed by atoms with Crippen molar-refractivity contribution in [3.8, 4) is 0 Å². The molecule has 0 aliphatic carbocycles. The molecule has 0 bridgehead atoms. The van der Waals surface area contributed by atoms with Gasteiger partial charge >= 0.3 is 0 Å². The number of nitrogens with zero attached hydrogens (tertiary/aromatic N) is 2. The van der Waals surface area contributed by atoms with Crippen LogP contribution in [0.3, 0.4) is 0 Å². The lowest BCUT2D eigenvalue weighted by atomic mass is 10.1. The molecule has 1 aliphatic rings. The Labute approximate surface area is 97.5 Å². The first kappa shape index (κ1) is 11.8. The third-order valence-electron chi connectivity index (χ3n) is 2.68. The first-order chi connectivity index (χ1) is 8.22. The van der Waals surface area contributed by atoms with E-state index >= 15 is 0 Å². The summed E-state index contributed by atoms with van der Waals surface area (Å²) in [7, 11) is 0. The molecule has 0 aromatic heterocycles. The van der Waals surface area contributed by atoms with Crippen LogP contribution in [0.4, 0.5) is 8.78 Å². The summed E-state index contributed by atoms with van der Waals surface area (Å²) >= 11 is 0. The summed E-state index contributed by atoms with van der Waals surface area (Å²) in [5.41, 5.74) is 0.107. The fourth-order valence-corrected chi connectivity index (χ4v) is 1.83. The topological polar surface area (TPSA) is 47.9 Å². The largest absolute Gasteiger partial charge is 0.409 e. The third-order valence-corrected chi connectivity index (χ3v) is 2.68. The van der Waals surface area contributed by atoms with Crippen molar-refractivity contribution < 1.29 is 14.0 Å². The highest BCUT2D eigenvalue weighted by Gasteiger charge is 2.19. The van der Waals surface area contributed by atoms with Gasteiger partial charge in [-0.15, -0.1) is 0 Å². The minimum absolute atomic E-state index is 0.107. The molecule has 1 aromatic rings. The molecule has 1 heterocycles. The van der Waals surface area contributed by atoms with Crippen LogP contribution in [0.25, 0.3) is 0 Å². The average Bonchev–Trinajstić information content (AvgIpc) is 2.34. The molecule has 2 rings (SSSR count). The summed E-state index contributed by atoms with van der Waals surface area (Å²) in [4.78, 5) is 1.76. The summed E-state index contributed by atoms with van der Waals surface area (Å²) in [6, 6.07) is 3.20. The van der Waals surface area contributed by atoms with Crippen molar-refractivity contribution in [2.75, 3.05) is 26.2 Å². The van der Waals surface area contributed by atoms with Crippen molar-refractivity contribution in [1.29, 1.82) is 0 Å². The molecule has 6 heteroatoms. The maximum atomic E-state index is 13.6. The van der Waals surface area contributed by atoms with Gasteiger partial charge in [0.2, 0.25) is 0 Å². The third kappa shape index (κ3) is 2.52. The lowest BCUT2D eigenvalue weighted by Gasteiger charge is -2.29. The molecule has 1 saturated heterocycles. The van der Waals surface area contributed by atoms with Crippen LogP contribution in [0.5, 0.6) is 0 Å². The second-order valence-corrected chi connectivity index (χ2v) is 3.78. The fourth-order valence-electron chi connectivity index (χ4n) is 1.83. The number of amidine groups is 1. The van der Waals surface area contributed by atoms with E-state index in [2.05, 4.69) is 10.5 Å². The Balaban J connectivity index is 2.28. The van der Waals surface area contributed by atoms with Crippen LogP contribution in [-0.2, 0) is 0 Å². The molecule has 0 radical (unpaired) electrons. The Bertz CT molecular complexity index is 431. The van der Waals surface area contributed by atoms with E-state index in [-0.39, 0.29) is 11.4 Å². The number of nitrogens with one attached hydrogen (secondary N) is 1. The van der Waals surface area contributed by atoms with Crippen LogP contribution in [0, 0.1) is 11.6 Å². The number of rotatable bonds is 1. The van der Waals surface area contributed by atoms with Crippen LogP contribution in [-0.4, -0.2) is 42.1 Å². The second kappa shape index (κ2) is 5.09. The molecule has 1 fully saturated rings. The summed E-state index contributed by atoms with van der Waals surface area (Å²) in [5, 5.41) is 15.3. The van der Waals surface area contributed by atoms with Crippen LogP contribution in [0.2, 0.25) is 0 Å². The summed E-state index contributed by atoms with van der Waals surface area (Å²) in [5.74, 6) is -1.23. The Hall–Kier alpha value is -1.69. The van der Waals surface area contributed by atoms with E-state index in [0.717, 1.165) is 25.2 Å². The molecule has 0 unspecified atom stereocenters. The first-order valence-electron chi connectivity index (χ1n) is 5.35. The van der Waals surface area contributed by atoms with Crippen molar-refractivity contribution in [3.05, 3.63) is 35.4 Å². The summed E-state index contributed by atoms with van der Waals surface area (Å²) in [6.45, 7) is 2.72. The quantitative estimate of drug-likeness (QED) is 0.334. The van der Waals surface area contributed by atoms with Gasteiger partial charge in [0, 0.05) is 32.2 Å². The number of hydrogen-bond donors (Lipinski definition) is 2. The van der Waals surface area contributed by atoms with Crippen molar-refractivity contribution in [1.82, 2.24) is 10.2 Å². The normalized spacial score (nSPS) is 17.3. The highest BCUT2D eigenvalue weighted by atomic mass is 19.1. The number of oxime groups is 1. The molecule has 17 heavy (non-hydrogen) atoms. The van der Waals surface area contributed by atoms with Gasteiger partial charge in [0.25, 0.3) is 0 Å². The van der Waals surface area contributed by atoms with E-state index in [4.69, 9.17) is 5.21 Å².